The molecular weight excluding hydrogens is 282 g/mol. The molecule has 1 aliphatic carbocycles. The second-order valence-electron chi connectivity index (χ2n) is 6.62. The number of alkyl halides is 1. The Morgan fingerprint density at radius 1 is 1.19 bits per heavy atom. The van der Waals surface area contributed by atoms with Gasteiger partial charge < -0.3 is 10.1 Å². The van der Waals surface area contributed by atoms with Crippen LogP contribution < -0.4 is 5.32 Å². The highest BCUT2D eigenvalue weighted by molar-refractivity contribution is 6.18. The van der Waals surface area contributed by atoms with Gasteiger partial charge in [-0.1, -0.05) is 43.2 Å². The maximum atomic E-state index is 6.35. The van der Waals surface area contributed by atoms with Gasteiger partial charge >= 0.3 is 0 Å². The number of halogens is 1. The van der Waals surface area contributed by atoms with Gasteiger partial charge in [0.2, 0.25) is 0 Å². The Morgan fingerprint density at radius 3 is 2.67 bits per heavy atom. The predicted octanol–water partition coefficient (Wildman–Crippen LogP) is 3.92. The Hall–Kier alpha value is -0.570. The molecule has 2 aliphatic rings. The van der Waals surface area contributed by atoms with E-state index in [0.717, 1.165) is 13.0 Å². The van der Waals surface area contributed by atoms with Gasteiger partial charge in [-0.15, -0.1) is 11.6 Å². The van der Waals surface area contributed by atoms with E-state index in [9.17, 15) is 0 Å². The average molecular weight is 308 g/mol. The predicted molar refractivity (Wildman–Crippen MR) is 88.0 cm³/mol. The summed E-state index contributed by atoms with van der Waals surface area (Å²) in [5.74, 6) is 0.646. The summed E-state index contributed by atoms with van der Waals surface area (Å²) < 4.78 is 6.35. The van der Waals surface area contributed by atoms with Crippen molar-refractivity contribution in [3.05, 3.63) is 35.9 Å². The molecule has 116 valence electrons. The lowest BCUT2D eigenvalue weighted by atomic mass is 9.98. The molecule has 1 N–H and O–H groups in total. The molecule has 2 nitrogen and oxygen atoms in total. The largest absolute Gasteiger partial charge is 0.370 e. The van der Waals surface area contributed by atoms with Crippen LogP contribution in [0.15, 0.2) is 30.3 Å². The Bertz CT molecular complexity index is 430. The van der Waals surface area contributed by atoms with Gasteiger partial charge in [-0.3, -0.25) is 0 Å². The van der Waals surface area contributed by atoms with Gasteiger partial charge in [-0.05, 0) is 37.7 Å². The minimum atomic E-state index is 0.238. The maximum absolute atomic E-state index is 6.35. The van der Waals surface area contributed by atoms with Gasteiger partial charge in [0, 0.05) is 18.5 Å². The highest BCUT2D eigenvalue weighted by Crippen LogP contribution is 2.43. The Labute approximate surface area is 133 Å². The van der Waals surface area contributed by atoms with Gasteiger partial charge in [0.25, 0.3) is 0 Å². The van der Waals surface area contributed by atoms with Crippen LogP contribution >= 0.6 is 11.6 Å². The quantitative estimate of drug-likeness (QED) is 0.804. The van der Waals surface area contributed by atoms with Crippen molar-refractivity contribution in [2.24, 2.45) is 0 Å². The summed E-state index contributed by atoms with van der Waals surface area (Å²) in [5.41, 5.74) is 1.58. The lowest BCUT2D eigenvalue weighted by Crippen LogP contribution is -2.39. The topological polar surface area (TPSA) is 21.3 Å². The lowest BCUT2D eigenvalue weighted by molar-refractivity contribution is -0.0357. The van der Waals surface area contributed by atoms with E-state index < -0.39 is 0 Å². The summed E-state index contributed by atoms with van der Waals surface area (Å²) in [5, 5.41) is 3.61. The molecule has 1 saturated heterocycles. The van der Waals surface area contributed by atoms with E-state index in [2.05, 4.69) is 35.6 Å². The van der Waals surface area contributed by atoms with E-state index in [1.54, 1.807) is 0 Å². The SMILES string of the molecule is ClCC(Cc1ccccc1)NCC1CCC2(CCCC2)O1. The first-order valence-electron chi connectivity index (χ1n) is 8.31. The zero-order chi connectivity index (χ0) is 14.5. The Morgan fingerprint density at radius 2 is 1.95 bits per heavy atom. The van der Waals surface area contributed by atoms with Crippen molar-refractivity contribution in [2.45, 2.75) is 62.7 Å². The third-order valence-corrected chi connectivity index (χ3v) is 5.37. The van der Waals surface area contributed by atoms with Crippen LogP contribution in [0.5, 0.6) is 0 Å². The molecule has 1 heterocycles. The summed E-state index contributed by atoms with van der Waals surface area (Å²) in [6, 6.07) is 10.9. The Kier molecular flexibility index (Phi) is 5.20. The maximum Gasteiger partial charge on any atom is 0.0708 e. The van der Waals surface area contributed by atoms with Gasteiger partial charge in [-0.2, -0.15) is 0 Å². The summed E-state index contributed by atoms with van der Waals surface area (Å²) in [4.78, 5) is 0. The van der Waals surface area contributed by atoms with Crippen molar-refractivity contribution in [1.82, 2.24) is 5.32 Å². The summed E-state index contributed by atoms with van der Waals surface area (Å²) in [6.45, 7) is 0.936. The molecule has 1 aromatic carbocycles. The molecule has 21 heavy (non-hydrogen) atoms. The van der Waals surface area contributed by atoms with E-state index in [1.807, 2.05) is 0 Å². The third kappa shape index (κ3) is 4.00. The van der Waals surface area contributed by atoms with Gasteiger partial charge in [0.15, 0.2) is 0 Å². The second kappa shape index (κ2) is 7.13. The van der Waals surface area contributed by atoms with Gasteiger partial charge in [0.1, 0.15) is 0 Å². The van der Waals surface area contributed by atoms with Crippen molar-refractivity contribution < 1.29 is 4.74 Å². The van der Waals surface area contributed by atoms with Crippen LogP contribution in [0.1, 0.15) is 44.1 Å². The zero-order valence-corrected chi connectivity index (χ0v) is 13.4. The van der Waals surface area contributed by atoms with Crippen LogP contribution in [0.2, 0.25) is 0 Å². The molecule has 0 bridgehead atoms. The number of benzene rings is 1. The summed E-state index contributed by atoms with van der Waals surface area (Å²) in [6.07, 6.45) is 9.05. The van der Waals surface area contributed by atoms with E-state index >= 15 is 0 Å². The molecule has 3 heteroatoms. The van der Waals surface area contributed by atoms with E-state index in [1.165, 1.54) is 44.1 Å². The van der Waals surface area contributed by atoms with Crippen LogP contribution in [-0.4, -0.2) is 30.2 Å². The first-order valence-corrected chi connectivity index (χ1v) is 8.84. The fourth-order valence-electron chi connectivity index (χ4n) is 3.80. The van der Waals surface area contributed by atoms with E-state index in [-0.39, 0.29) is 5.60 Å². The molecular formula is C18H26ClNO. The van der Waals surface area contributed by atoms with Crippen LogP contribution in [0, 0.1) is 0 Å². The molecule has 1 saturated carbocycles. The standard InChI is InChI=1S/C18H26ClNO/c19-13-16(12-15-6-2-1-3-7-15)20-14-17-8-11-18(21-17)9-4-5-10-18/h1-3,6-7,16-17,20H,4-5,8-14H2. The highest BCUT2D eigenvalue weighted by Gasteiger charge is 2.41. The molecule has 2 fully saturated rings. The molecule has 0 amide bonds. The van der Waals surface area contributed by atoms with Crippen LogP contribution in [0.3, 0.4) is 0 Å². The first-order chi connectivity index (χ1) is 10.3. The van der Waals surface area contributed by atoms with Crippen LogP contribution in [0.4, 0.5) is 0 Å². The van der Waals surface area contributed by atoms with Crippen LogP contribution in [-0.2, 0) is 11.2 Å². The van der Waals surface area contributed by atoms with Crippen molar-refractivity contribution in [1.29, 1.82) is 0 Å². The van der Waals surface area contributed by atoms with Crippen molar-refractivity contribution in [3.63, 3.8) is 0 Å². The molecule has 0 radical (unpaired) electrons. The molecule has 0 aromatic heterocycles. The van der Waals surface area contributed by atoms with Gasteiger partial charge in [-0.25, -0.2) is 0 Å². The number of ether oxygens (including phenoxy) is 1. The molecule has 2 atom stereocenters. The number of hydrogen-bond acceptors (Lipinski definition) is 2. The fourth-order valence-corrected chi connectivity index (χ4v) is 4.02. The lowest BCUT2D eigenvalue weighted by Gasteiger charge is -2.25. The van der Waals surface area contributed by atoms with Crippen LogP contribution in [0.25, 0.3) is 0 Å². The minimum Gasteiger partial charge on any atom is -0.370 e. The molecule has 1 aliphatic heterocycles. The summed E-state index contributed by atoms with van der Waals surface area (Å²) in [7, 11) is 0. The van der Waals surface area contributed by atoms with E-state index in [0.29, 0.717) is 18.0 Å². The van der Waals surface area contributed by atoms with Crippen molar-refractivity contribution >= 4 is 11.6 Å². The molecule has 1 spiro atoms. The molecule has 3 rings (SSSR count). The molecule has 1 aromatic rings. The van der Waals surface area contributed by atoms with Gasteiger partial charge in [0.05, 0.1) is 11.7 Å². The second-order valence-corrected chi connectivity index (χ2v) is 6.93. The average Bonchev–Trinajstić information content (AvgIpc) is 3.15. The fraction of sp³-hybridized carbons (Fsp3) is 0.667. The number of nitrogens with one attached hydrogen (secondary N) is 1. The first kappa shape index (κ1) is 15.3. The normalized spacial score (nSPS) is 25.5. The van der Waals surface area contributed by atoms with Crippen molar-refractivity contribution in [3.8, 4) is 0 Å². The van der Waals surface area contributed by atoms with E-state index in [4.69, 9.17) is 16.3 Å². The summed E-state index contributed by atoms with van der Waals surface area (Å²) >= 11 is 6.12. The number of rotatable bonds is 6. The third-order valence-electron chi connectivity index (χ3n) is 5.00. The monoisotopic (exact) mass is 307 g/mol. The Balaban J connectivity index is 1.45. The highest BCUT2D eigenvalue weighted by atomic mass is 35.5. The number of hydrogen-bond donors (Lipinski definition) is 1. The molecule has 2 unspecified atom stereocenters. The zero-order valence-electron chi connectivity index (χ0n) is 12.7. The van der Waals surface area contributed by atoms with Crippen molar-refractivity contribution in [2.75, 3.05) is 12.4 Å². The minimum absolute atomic E-state index is 0.238. The smallest absolute Gasteiger partial charge is 0.0708 e.